The molecule has 0 fully saturated rings. The fraction of sp³-hybridized carbons (Fsp3) is 0.364. The molecule has 0 aromatic heterocycles. The molecule has 5 heteroatoms. The zero-order valence-electron chi connectivity index (χ0n) is 16.0. The van der Waals surface area contributed by atoms with Crippen molar-refractivity contribution in [1.82, 2.24) is 4.90 Å². The molecule has 2 aromatic carbocycles. The number of hydrogen-bond acceptors (Lipinski definition) is 4. The Morgan fingerprint density at radius 3 is 2.81 bits per heavy atom. The van der Waals surface area contributed by atoms with Gasteiger partial charge in [-0.2, -0.15) is 0 Å². The Bertz CT molecular complexity index is 920. The standard InChI is InChI=1S/C22H24N2O3/c1-4-7-27-21-11-19-18(10-20(21)26-3)22(25)24-13-16-8-14(2)5-6-15(16)9-17(24)12-23-19/h5-6,8,10-12,17H,4,7,9,13H2,1-3H3/t17-/m0/s1. The first kappa shape index (κ1) is 17.6. The van der Waals surface area contributed by atoms with Gasteiger partial charge in [-0.1, -0.05) is 30.7 Å². The van der Waals surface area contributed by atoms with Gasteiger partial charge in [0.25, 0.3) is 5.91 Å². The molecule has 5 nitrogen and oxygen atoms in total. The molecular formula is C22H24N2O3. The molecule has 2 aromatic rings. The van der Waals surface area contributed by atoms with Gasteiger partial charge >= 0.3 is 0 Å². The van der Waals surface area contributed by atoms with Crippen LogP contribution in [0.1, 0.15) is 40.4 Å². The number of fused-ring (bicyclic) bond motifs is 3. The van der Waals surface area contributed by atoms with Gasteiger partial charge in [0.1, 0.15) is 0 Å². The van der Waals surface area contributed by atoms with Gasteiger partial charge in [-0.3, -0.25) is 9.79 Å². The molecule has 0 saturated heterocycles. The first-order valence-electron chi connectivity index (χ1n) is 9.39. The average Bonchev–Trinajstić information content (AvgIpc) is 2.80. The van der Waals surface area contributed by atoms with Gasteiger partial charge in [0, 0.05) is 18.8 Å². The van der Waals surface area contributed by atoms with Gasteiger partial charge in [-0.05, 0) is 37.0 Å². The van der Waals surface area contributed by atoms with Crippen LogP contribution in [0.15, 0.2) is 35.3 Å². The summed E-state index contributed by atoms with van der Waals surface area (Å²) in [5, 5.41) is 0. The summed E-state index contributed by atoms with van der Waals surface area (Å²) in [7, 11) is 1.59. The normalized spacial score (nSPS) is 17.7. The van der Waals surface area contributed by atoms with E-state index >= 15 is 0 Å². The molecule has 2 aliphatic heterocycles. The Morgan fingerprint density at radius 1 is 1.19 bits per heavy atom. The third-order valence-corrected chi connectivity index (χ3v) is 5.15. The molecule has 0 spiro atoms. The van der Waals surface area contributed by atoms with Crippen molar-refractivity contribution in [1.29, 1.82) is 0 Å². The highest BCUT2D eigenvalue weighted by atomic mass is 16.5. The number of ether oxygens (including phenoxy) is 2. The zero-order valence-corrected chi connectivity index (χ0v) is 16.0. The molecule has 0 N–H and O–H groups in total. The average molecular weight is 364 g/mol. The van der Waals surface area contributed by atoms with E-state index in [9.17, 15) is 4.79 Å². The lowest BCUT2D eigenvalue weighted by Gasteiger charge is -2.34. The Labute approximate surface area is 159 Å². The van der Waals surface area contributed by atoms with Crippen molar-refractivity contribution in [2.24, 2.45) is 4.99 Å². The molecule has 0 saturated carbocycles. The van der Waals surface area contributed by atoms with Crippen LogP contribution in [-0.2, 0) is 13.0 Å². The molecule has 2 aliphatic rings. The quantitative estimate of drug-likeness (QED) is 0.821. The third kappa shape index (κ3) is 3.18. The van der Waals surface area contributed by atoms with Crippen LogP contribution in [0.5, 0.6) is 11.5 Å². The van der Waals surface area contributed by atoms with Crippen molar-refractivity contribution < 1.29 is 14.3 Å². The molecule has 27 heavy (non-hydrogen) atoms. The number of carbonyl (C=O) groups is 1. The number of aliphatic imine (C=N–C) groups is 1. The maximum atomic E-state index is 13.3. The second kappa shape index (κ2) is 7.06. The van der Waals surface area contributed by atoms with E-state index in [0.29, 0.717) is 35.9 Å². The largest absolute Gasteiger partial charge is 0.493 e. The maximum absolute atomic E-state index is 13.3. The third-order valence-electron chi connectivity index (χ3n) is 5.15. The van der Waals surface area contributed by atoms with E-state index in [0.717, 1.165) is 12.8 Å². The molecule has 4 rings (SSSR count). The number of carbonyl (C=O) groups excluding carboxylic acids is 1. The van der Waals surface area contributed by atoms with E-state index < -0.39 is 0 Å². The van der Waals surface area contributed by atoms with E-state index in [1.54, 1.807) is 13.2 Å². The summed E-state index contributed by atoms with van der Waals surface area (Å²) in [5.41, 5.74) is 4.91. The van der Waals surface area contributed by atoms with Crippen molar-refractivity contribution in [2.45, 2.75) is 39.3 Å². The smallest absolute Gasteiger partial charge is 0.257 e. The molecular weight excluding hydrogens is 340 g/mol. The van der Waals surface area contributed by atoms with E-state index in [2.05, 4.69) is 37.0 Å². The summed E-state index contributed by atoms with van der Waals surface area (Å²) >= 11 is 0. The van der Waals surface area contributed by atoms with Crippen LogP contribution >= 0.6 is 0 Å². The number of aryl methyl sites for hydroxylation is 1. The number of rotatable bonds is 4. The van der Waals surface area contributed by atoms with Crippen LogP contribution in [0.4, 0.5) is 5.69 Å². The van der Waals surface area contributed by atoms with Gasteiger partial charge in [0.15, 0.2) is 11.5 Å². The topological polar surface area (TPSA) is 51.1 Å². The van der Waals surface area contributed by atoms with E-state index in [-0.39, 0.29) is 11.9 Å². The van der Waals surface area contributed by atoms with E-state index in [1.807, 2.05) is 17.2 Å². The minimum Gasteiger partial charge on any atom is -0.493 e. The Kier molecular flexibility index (Phi) is 4.60. The fourth-order valence-electron chi connectivity index (χ4n) is 3.73. The predicted molar refractivity (Wildman–Crippen MR) is 105 cm³/mol. The van der Waals surface area contributed by atoms with Gasteiger partial charge in [-0.15, -0.1) is 0 Å². The van der Waals surface area contributed by atoms with Crippen LogP contribution in [0.25, 0.3) is 0 Å². The van der Waals surface area contributed by atoms with Crippen LogP contribution in [0.3, 0.4) is 0 Å². The zero-order chi connectivity index (χ0) is 19.0. The van der Waals surface area contributed by atoms with Crippen molar-refractivity contribution in [3.8, 4) is 11.5 Å². The molecule has 2 heterocycles. The van der Waals surface area contributed by atoms with Crippen molar-refractivity contribution >= 4 is 17.8 Å². The molecule has 0 radical (unpaired) electrons. The predicted octanol–water partition coefficient (Wildman–Crippen LogP) is 4.08. The summed E-state index contributed by atoms with van der Waals surface area (Å²) in [4.78, 5) is 19.8. The number of methoxy groups -OCH3 is 1. The molecule has 1 atom stereocenters. The van der Waals surface area contributed by atoms with Gasteiger partial charge in [-0.25, -0.2) is 0 Å². The Morgan fingerprint density at radius 2 is 2.04 bits per heavy atom. The maximum Gasteiger partial charge on any atom is 0.257 e. The van der Waals surface area contributed by atoms with Gasteiger partial charge < -0.3 is 14.4 Å². The minimum atomic E-state index is -0.0360. The lowest BCUT2D eigenvalue weighted by atomic mass is 9.93. The number of amides is 1. The molecule has 1 amide bonds. The highest BCUT2D eigenvalue weighted by Gasteiger charge is 2.33. The second-order valence-electron chi connectivity index (χ2n) is 7.12. The van der Waals surface area contributed by atoms with Crippen LogP contribution < -0.4 is 9.47 Å². The van der Waals surface area contributed by atoms with Crippen LogP contribution in [0.2, 0.25) is 0 Å². The molecule has 0 bridgehead atoms. The molecule has 0 aliphatic carbocycles. The highest BCUT2D eigenvalue weighted by Crippen LogP contribution is 2.38. The van der Waals surface area contributed by atoms with Gasteiger partial charge in [0.05, 0.1) is 31.0 Å². The Hall–Kier alpha value is -2.82. The SMILES string of the molecule is CCCOc1cc2c(cc1OC)C(=O)N1Cc3cc(C)ccc3C[C@H]1C=N2. The first-order valence-corrected chi connectivity index (χ1v) is 9.39. The lowest BCUT2D eigenvalue weighted by molar-refractivity contribution is 0.0703. The minimum absolute atomic E-state index is 0.0139. The summed E-state index contributed by atoms with van der Waals surface area (Å²) in [5.74, 6) is 1.18. The monoisotopic (exact) mass is 364 g/mol. The molecule has 0 unspecified atom stereocenters. The van der Waals surface area contributed by atoms with Crippen LogP contribution in [-0.4, -0.2) is 36.8 Å². The van der Waals surface area contributed by atoms with Crippen molar-refractivity contribution in [3.05, 3.63) is 52.6 Å². The van der Waals surface area contributed by atoms with Crippen LogP contribution in [0, 0.1) is 6.92 Å². The lowest BCUT2D eigenvalue weighted by Crippen LogP contribution is -2.44. The second-order valence-corrected chi connectivity index (χ2v) is 7.12. The first-order chi connectivity index (χ1) is 13.1. The van der Waals surface area contributed by atoms with Crippen molar-refractivity contribution in [3.63, 3.8) is 0 Å². The fourth-order valence-corrected chi connectivity index (χ4v) is 3.73. The molecule has 140 valence electrons. The number of nitrogens with zero attached hydrogens (tertiary/aromatic N) is 2. The highest BCUT2D eigenvalue weighted by molar-refractivity contribution is 6.03. The summed E-state index contributed by atoms with van der Waals surface area (Å²) < 4.78 is 11.2. The number of hydrogen-bond donors (Lipinski definition) is 0. The van der Waals surface area contributed by atoms with E-state index in [1.165, 1.54) is 16.7 Å². The van der Waals surface area contributed by atoms with Crippen molar-refractivity contribution in [2.75, 3.05) is 13.7 Å². The summed E-state index contributed by atoms with van der Waals surface area (Å²) in [6, 6.07) is 10.00. The van der Waals surface area contributed by atoms with E-state index in [4.69, 9.17) is 9.47 Å². The summed E-state index contributed by atoms with van der Waals surface area (Å²) in [6.45, 7) is 5.32. The van der Waals surface area contributed by atoms with Gasteiger partial charge in [0.2, 0.25) is 0 Å². The number of benzene rings is 2. The summed E-state index contributed by atoms with van der Waals surface area (Å²) in [6.07, 6.45) is 3.58. The Balaban J connectivity index is 1.73.